The third-order valence-corrected chi connectivity index (χ3v) is 4.13. The van der Waals surface area contributed by atoms with E-state index in [0.29, 0.717) is 29.9 Å². The van der Waals surface area contributed by atoms with Crippen molar-refractivity contribution in [3.8, 4) is 5.75 Å². The minimum atomic E-state index is -0.608. The average molecular weight is 367 g/mol. The fraction of sp³-hybridized carbons (Fsp3) is 0.238. The van der Waals surface area contributed by atoms with Crippen molar-refractivity contribution in [2.75, 3.05) is 19.8 Å². The number of nitrogens with zero attached hydrogens (tertiary/aromatic N) is 1. The standard InChI is InChI=1S/C21H21NO5/c1-2-26-16-8-9-17-18(13-20(24)27-19(17)12-16)21(25)22(10-11-23)14-15-6-4-3-5-7-15/h3-9,12-13,23H,2,10-11,14H2,1H3. The van der Waals surface area contributed by atoms with Gasteiger partial charge in [0.25, 0.3) is 5.91 Å². The SMILES string of the molecule is CCOc1ccc2c(C(=O)N(CCO)Cc3ccccc3)cc(=O)oc2c1. The van der Waals surface area contributed by atoms with Crippen LogP contribution in [0.4, 0.5) is 0 Å². The number of benzene rings is 2. The molecule has 0 atom stereocenters. The van der Waals surface area contributed by atoms with E-state index >= 15 is 0 Å². The summed E-state index contributed by atoms with van der Waals surface area (Å²) >= 11 is 0. The maximum atomic E-state index is 13.1. The second-order valence-electron chi connectivity index (χ2n) is 6.01. The molecular weight excluding hydrogens is 346 g/mol. The first-order chi connectivity index (χ1) is 13.1. The molecule has 0 unspecified atom stereocenters. The molecule has 1 N–H and O–H groups in total. The zero-order valence-corrected chi connectivity index (χ0v) is 15.1. The van der Waals surface area contributed by atoms with E-state index in [9.17, 15) is 14.7 Å². The Bertz CT molecular complexity index is 981. The van der Waals surface area contributed by atoms with E-state index in [1.54, 1.807) is 18.2 Å². The van der Waals surface area contributed by atoms with Crippen molar-refractivity contribution in [3.05, 3.63) is 76.1 Å². The second-order valence-corrected chi connectivity index (χ2v) is 6.01. The molecule has 3 aromatic rings. The Morgan fingerprint density at radius 1 is 1.15 bits per heavy atom. The van der Waals surface area contributed by atoms with Gasteiger partial charge >= 0.3 is 5.63 Å². The van der Waals surface area contributed by atoms with Crippen molar-refractivity contribution < 1.29 is 19.1 Å². The lowest BCUT2D eigenvalue weighted by molar-refractivity contribution is 0.0709. The van der Waals surface area contributed by atoms with Crippen molar-refractivity contribution in [1.29, 1.82) is 0 Å². The fourth-order valence-electron chi connectivity index (χ4n) is 2.92. The number of carbonyl (C=O) groups is 1. The number of rotatable bonds is 7. The first-order valence-corrected chi connectivity index (χ1v) is 8.77. The van der Waals surface area contributed by atoms with Gasteiger partial charge in [-0.2, -0.15) is 0 Å². The molecule has 0 aliphatic heterocycles. The summed E-state index contributed by atoms with van der Waals surface area (Å²) in [5.41, 5.74) is 0.863. The van der Waals surface area contributed by atoms with E-state index in [1.807, 2.05) is 37.3 Å². The maximum absolute atomic E-state index is 13.1. The van der Waals surface area contributed by atoms with Crippen LogP contribution in [0.25, 0.3) is 11.0 Å². The molecular formula is C21H21NO5. The smallest absolute Gasteiger partial charge is 0.337 e. The highest BCUT2D eigenvalue weighted by molar-refractivity contribution is 6.05. The third-order valence-electron chi connectivity index (χ3n) is 4.13. The number of ether oxygens (including phenoxy) is 1. The van der Waals surface area contributed by atoms with Gasteiger partial charge in [0.05, 0.1) is 18.8 Å². The number of hydrogen-bond acceptors (Lipinski definition) is 5. The highest BCUT2D eigenvalue weighted by atomic mass is 16.5. The molecule has 1 heterocycles. The molecule has 0 radical (unpaired) electrons. The summed E-state index contributed by atoms with van der Waals surface area (Å²) in [6.45, 7) is 2.66. The summed E-state index contributed by atoms with van der Waals surface area (Å²) < 4.78 is 10.7. The Kier molecular flexibility index (Phi) is 5.88. The largest absolute Gasteiger partial charge is 0.494 e. The third kappa shape index (κ3) is 4.35. The summed E-state index contributed by atoms with van der Waals surface area (Å²) in [6.07, 6.45) is 0. The van der Waals surface area contributed by atoms with Crippen molar-refractivity contribution in [2.24, 2.45) is 0 Å². The van der Waals surface area contributed by atoms with Gasteiger partial charge in [-0.1, -0.05) is 30.3 Å². The maximum Gasteiger partial charge on any atom is 0.337 e. The first-order valence-electron chi connectivity index (χ1n) is 8.77. The molecule has 1 aromatic heterocycles. The van der Waals surface area contributed by atoms with Gasteiger partial charge in [0.2, 0.25) is 0 Å². The molecule has 6 nitrogen and oxygen atoms in total. The van der Waals surface area contributed by atoms with Gasteiger partial charge in [-0.3, -0.25) is 4.79 Å². The van der Waals surface area contributed by atoms with Crippen LogP contribution >= 0.6 is 0 Å². The van der Waals surface area contributed by atoms with Crippen LogP contribution in [0.3, 0.4) is 0 Å². The average Bonchev–Trinajstić information content (AvgIpc) is 2.67. The Morgan fingerprint density at radius 2 is 1.93 bits per heavy atom. The lowest BCUT2D eigenvalue weighted by Gasteiger charge is -2.22. The molecule has 27 heavy (non-hydrogen) atoms. The normalized spacial score (nSPS) is 10.7. The lowest BCUT2D eigenvalue weighted by atomic mass is 10.1. The monoisotopic (exact) mass is 367 g/mol. The van der Waals surface area contributed by atoms with Gasteiger partial charge in [-0.15, -0.1) is 0 Å². The van der Waals surface area contributed by atoms with Gasteiger partial charge in [0, 0.05) is 30.6 Å². The van der Waals surface area contributed by atoms with Crippen molar-refractivity contribution in [1.82, 2.24) is 4.90 Å². The molecule has 1 amide bonds. The number of aliphatic hydroxyl groups excluding tert-OH is 1. The van der Waals surface area contributed by atoms with E-state index in [-0.39, 0.29) is 24.6 Å². The van der Waals surface area contributed by atoms with Crippen molar-refractivity contribution in [3.63, 3.8) is 0 Å². The van der Waals surface area contributed by atoms with E-state index < -0.39 is 5.63 Å². The van der Waals surface area contributed by atoms with Crippen LogP contribution in [0.2, 0.25) is 0 Å². The zero-order valence-electron chi connectivity index (χ0n) is 15.1. The summed E-state index contributed by atoms with van der Waals surface area (Å²) in [7, 11) is 0. The minimum absolute atomic E-state index is 0.159. The topological polar surface area (TPSA) is 80.0 Å². The van der Waals surface area contributed by atoms with Crippen molar-refractivity contribution >= 4 is 16.9 Å². The summed E-state index contributed by atoms with van der Waals surface area (Å²) in [4.78, 5) is 26.6. The summed E-state index contributed by atoms with van der Waals surface area (Å²) in [5.74, 6) is 0.226. The van der Waals surface area contributed by atoms with Crippen LogP contribution in [0.1, 0.15) is 22.8 Å². The summed E-state index contributed by atoms with van der Waals surface area (Å²) in [5, 5.41) is 9.91. The van der Waals surface area contributed by atoms with Crippen LogP contribution in [0.5, 0.6) is 5.75 Å². The van der Waals surface area contributed by atoms with Crippen LogP contribution in [-0.4, -0.2) is 35.7 Å². The van der Waals surface area contributed by atoms with Gasteiger partial charge < -0.3 is 19.2 Å². The lowest BCUT2D eigenvalue weighted by Crippen LogP contribution is -2.33. The number of hydrogen-bond donors (Lipinski definition) is 1. The predicted octanol–water partition coefficient (Wildman–Crippen LogP) is 2.83. The summed E-state index contributed by atoms with van der Waals surface area (Å²) in [6, 6.07) is 15.7. The molecule has 3 rings (SSSR count). The predicted molar refractivity (Wildman–Crippen MR) is 102 cm³/mol. The highest BCUT2D eigenvalue weighted by Crippen LogP contribution is 2.24. The van der Waals surface area contributed by atoms with Crippen LogP contribution < -0.4 is 10.4 Å². The van der Waals surface area contributed by atoms with Crippen LogP contribution in [-0.2, 0) is 6.54 Å². The Balaban J connectivity index is 2.00. The molecule has 0 fully saturated rings. The molecule has 0 saturated carbocycles. The Hall–Kier alpha value is -3.12. The molecule has 0 spiro atoms. The van der Waals surface area contributed by atoms with Gasteiger partial charge in [-0.25, -0.2) is 4.79 Å². The quantitative estimate of drug-likeness (QED) is 0.650. The molecule has 0 aliphatic rings. The zero-order chi connectivity index (χ0) is 19.2. The van der Waals surface area contributed by atoms with E-state index in [1.165, 1.54) is 11.0 Å². The Morgan fingerprint density at radius 3 is 2.63 bits per heavy atom. The number of carbonyl (C=O) groups excluding carboxylic acids is 1. The fourth-order valence-corrected chi connectivity index (χ4v) is 2.92. The number of amides is 1. The first kappa shape index (κ1) is 18.7. The van der Waals surface area contributed by atoms with Crippen LogP contribution in [0.15, 0.2) is 63.8 Å². The van der Waals surface area contributed by atoms with Crippen LogP contribution in [0, 0.1) is 0 Å². The van der Waals surface area contributed by atoms with Crippen molar-refractivity contribution in [2.45, 2.75) is 13.5 Å². The molecule has 140 valence electrons. The number of fused-ring (bicyclic) bond motifs is 1. The van der Waals surface area contributed by atoms with E-state index in [2.05, 4.69) is 0 Å². The van der Waals surface area contributed by atoms with Gasteiger partial charge in [0.1, 0.15) is 11.3 Å². The molecule has 2 aromatic carbocycles. The molecule has 6 heteroatoms. The second kappa shape index (κ2) is 8.51. The molecule has 0 aliphatic carbocycles. The molecule has 0 saturated heterocycles. The Labute approximate surface area is 156 Å². The van der Waals surface area contributed by atoms with Gasteiger partial charge in [0.15, 0.2) is 0 Å². The highest BCUT2D eigenvalue weighted by Gasteiger charge is 2.20. The minimum Gasteiger partial charge on any atom is -0.494 e. The molecule has 0 bridgehead atoms. The van der Waals surface area contributed by atoms with Gasteiger partial charge in [-0.05, 0) is 24.6 Å². The van der Waals surface area contributed by atoms with E-state index in [0.717, 1.165) is 5.56 Å². The number of aliphatic hydroxyl groups is 1. The van der Waals surface area contributed by atoms with E-state index in [4.69, 9.17) is 9.15 Å².